The zero-order valence-electron chi connectivity index (χ0n) is 12.6. The number of hydrogen-bond acceptors (Lipinski definition) is 4. The summed E-state index contributed by atoms with van der Waals surface area (Å²) in [5.74, 6) is 2.78. The molecule has 0 saturated heterocycles. The van der Waals surface area contributed by atoms with E-state index in [-0.39, 0.29) is 17.1 Å². The molecule has 0 bridgehead atoms. The second-order valence-corrected chi connectivity index (χ2v) is 4.97. The van der Waals surface area contributed by atoms with E-state index < -0.39 is 0 Å². The van der Waals surface area contributed by atoms with Crippen molar-refractivity contribution in [2.75, 3.05) is 5.32 Å². The Bertz CT molecular complexity index is 892. The van der Waals surface area contributed by atoms with Gasteiger partial charge in [0.15, 0.2) is 11.7 Å². The van der Waals surface area contributed by atoms with Crippen molar-refractivity contribution in [2.45, 2.75) is 0 Å². The van der Waals surface area contributed by atoms with E-state index in [1.54, 1.807) is 12.4 Å². The van der Waals surface area contributed by atoms with E-state index in [4.69, 9.17) is 0 Å². The first kappa shape index (κ1) is 16.1. The van der Waals surface area contributed by atoms with E-state index in [0.717, 1.165) is 22.8 Å². The fourth-order valence-corrected chi connectivity index (χ4v) is 2.38. The minimum Gasteiger partial charge on any atom is -0.324 e. The number of fused-ring (bicyclic) bond motifs is 1. The zero-order valence-corrected chi connectivity index (χ0v) is 13.7. The summed E-state index contributed by atoms with van der Waals surface area (Å²) in [6.07, 6.45) is 3.46. The van der Waals surface area contributed by atoms with E-state index >= 15 is 0 Å². The predicted molar refractivity (Wildman–Crippen MR) is 91.3 cm³/mol. The van der Waals surface area contributed by atoms with Crippen LogP contribution in [0.25, 0.3) is 0 Å². The molecule has 3 aromatic rings. The summed E-state index contributed by atoms with van der Waals surface area (Å²) >= 11 is 0. The predicted octanol–water partition coefficient (Wildman–Crippen LogP) is 3.42. The Hall–Kier alpha value is -2.82. The average Bonchev–Trinajstić information content (AvgIpc) is 2.95. The van der Waals surface area contributed by atoms with Crippen LogP contribution in [0.15, 0.2) is 83.0 Å². The van der Waals surface area contributed by atoms with Gasteiger partial charge in [0.25, 0.3) is 0 Å². The number of aromatic nitrogens is 2. The summed E-state index contributed by atoms with van der Waals surface area (Å²) in [5.41, 5.74) is 1.99. The molecule has 1 aromatic carbocycles. The number of hydrogen-bond donors (Lipinski definition) is 1. The average molecular weight is 355 g/mol. The van der Waals surface area contributed by atoms with Crippen molar-refractivity contribution >= 4 is 23.3 Å². The van der Waals surface area contributed by atoms with Gasteiger partial charge in [-0.05, 0) is 24.3 Å². The van der Waals surface area contributed by atoms with Crippen LogP contribution in [-0.2, 0) is 17.1 Å². The maximum Gasteiger partial charge on any atom is 2.00 e. The van der Waals surface area contributed by atoms with Gasteiger partial charge >= 0.3 is 17.1 Å². The monoisotopic (exact) mass is 355 g/mol. The summed E-state index contributed by atoms with van der Waals surface area (Å²) in [6.45, 7) is 0. The first-order chi connectivity index (χ1) is 11.4. The third-order valence-electron chi connectivity index (χ3n) is 3.42. The quantitative estimate of drug-likeness (QED) is 0.717. The topological polar surface area (TPSA) is 62.5 Å². The molecule has 0 saturated carbocycles. The molecule has 0 unspecified atom stereocenters. The molecule has 116 valence electrons. The number of nitrogens with one attached hydrogen (secondary N) is 1. The van der Waals surface area contributed by atoms with Crippen molar-refractivity contribution in [2.24, 2.45) is 9.98 Å². The second kappa shape index (κ2) is 7.17. The molecule has 2 aromatic heterocycles. The van der Waals surface area contributed by atoms with E-state index in [1.165, 1.54) is 0 Å². The first-order valence-corrected chi connectivity index (χ1v) is 7.26. The van der Waals surface area contributed by atoms with Crippen molar-refractivity contribution in [3.63, 3.8) is 0 Å². The van der Waals surface area contributed by atoms with Crippen molar-refractivity contribution in [3.05, 3.63) is 84.2 Å². The minimum absolute atomic E-state index is 0. The first-order valence-electron chi connectivity index (χ1n) is 7.26. The Kier molecular flexibility index (Phi) is 4.79. The molecular formula is C18H13FeN5+2. The van der Waals surface area contributed by atoms with Crippen LogP contribution in [-0.4, -0.2) is 21.6 Å². The van der Waals surface area contributed by atoms with Crippen molar-refractivity contribution in [1.82, 2.24) is 9.97 Å². The van der Waals surface area contributed by atoms with Crippen LogP contribution in [0.2, 0.25) is 0 Å². The Morgan fingerprint density at radius 1 is 0.750 bits per heavy atom. The number of amidine groups is 2. The molecule has 0 amide bonds. The normalized spacial score (nSPS) is 13.8. The van der Waals surface area contributed by atoms with Gasteiger partial charge in [-0.1, -0.05) is 36.4 Å². The molecule has 0 aliphatic carbocycles. The van der Waals surface area contributed by atoms with Crippen LogP contribution in [0.5, 0.6) is 0 Å². The Morgan fingerprint density at radius 2 is 1.46 bits per heavy atom. The number of anilines is 1. The molecule has 4 rings (SSSR count). The van der Waals surface area contributed by atoms with Crippen LogP contribution < -0.4 is 5.32 Å². The minimum atomic E-state index is 0. The zero-order chi connectivity index (χ0) is 15.5. The summed E-state index contributed by atoms with van der Waals surface area (Å²) < 4.78 is 0. The third kappa shape index (κ3) is 3.25. The van der Waals surface area contributed by atoms with Gasteiger partial charge in [0.2, 0.25) is 0 Å². The van der Waals surface area contributed by atoms with Gasteiger partial charge in [0, 0.05) is 23.5 Å². The van der Waals surface area contributed by atoms with Crippen LogP contribution in [0.4, 0.5) is 11.6 Å². The largest absolute Gasteiger partial charge is 2.00 e. The van der Waals surface area contributed by atoms with Gasteiger partial charge in [-0.15, -0.1) is 0 Å². The third-order valence-corrected chi connectivity index (χ3v) is 3.42. The van der Waals surface area contributed by atoms with Crippen molar-refractivity contribution in [3.8, 4) is 0 Å². The van der Waals surface area contributed by atoms with Gasteiger partial charge in [0.05, 0.1) is 0 Å². The molecule has 24 heavy (non-hydrogen) atoms. The Labute approximate surface area is 150 Å². The molecule has 5 nitrogen and oxygen atoms in total. The van der Waals surface area contributed by atoms with Crippen LogP contribution in [0, 0.1) is 0 Å². The molecule has 3 heterocycles. The van der Waals surface area contributed by atoms with E-state index in [0.29, 0.717) is 11.7 Å². The molecule has 1 N–H and O–H groups in total. The van der Waals surface area contributed by atoms with E-state index in [9.17, 15) is 0 Å². The number of pyridine rings is 2. The van der Waals surface area contributed by atoms with Gasteiger partial charge < -0.3 is 5.32 Å². The van der Waals surface area contributed by atoms with Gasteiger partial charge in [-0.2, -0.15) is 0 Å². The van der Waals surface area contributed by atoms with Crippen LogP contribution in [0.1, 0.15) is 11.1 Å². The summed E-state index contributed by atoms with van der Waals surface area (Å²) in [7, 11) is 0. The van der Waals surface area contributed by atoms with Gasteiger partial charge in [0.1, 0.15) is 11.7 Å². The van der Waals surface area contributed by atoms with Crippen LogP contribution >= 0.6 is 0 Å². The molecule has 0 spiro atoms. The van der Waals surface area contributed by atoms with Crippen molar-refractivity contribution in [1.29, 1.82) is 0 Å². The summed E-state index contributed by atoms with van der Waals surface area (Å²) in [5, 5.41) is 3.25. The Balaban J connectivity index is 0.00000169. The van der Waals surface area contributed by atoms with E-state index in [1.807, 2.05) is 60.7 Å². The molecule has 6 heteroatoms. The van der Waals surface area contributed by atoms with Gasteiger partial charge in [-0.3, -0.25) is 0 Å². The number of aliphatic imine (C=N–C) groups is 2. The standard InChI is InChI=1S/C18H13N5.Fe/c1-2-8-14-13(7-1)17(21-15-9-3-5-11-19-15)23-18(14)22-16-10-4-6-12-20-16;/h1-12H,(H,19,20,21,22,23);/q;+2. The number of benzene rings is 1. The maximum atomic E-state index is 4.62. The molecule has 1 aliphatic heterocycles. The SMILES string of the molecule is [Fe+2].c1ccc(N=C2N=C(Nc3ccccn3)c3ccccc32)nc1. The smallest absolute Gasteiger partial charge is 0.324 e. The molecule has 0 fully saturated rings. The molecule has 0 atom stereocenters. The Morgan fingerprint density at radius 3 is 2.17 bits per heavy atom. The van der Waals surface area contributed by atoms with Crippen molar-refractivity contribution < 1.29 is 17.1 Å². The fourth-order valence-electron chi connectivity index (χ4n) is 2.38. The van der Waals surface area contributed by atoms with Gasteiger partial charge in [-0.25, -0.2) is 20.0 Å². The van der Waals surface area contributed by atoms with E-state index in [2.05, 4.69) is 25.3 Å². The summed E-state index contributed by atoms with van der Waals surface area (Å²) in [6, 6.07) is 19.3. The maximum absolute atomic E-state index is 4.62. The number of nitrogens with zero attached hydrogens (tertiary/aromatic N) is 4. The molecular weight excluding hydrogens is 342 g/mol. The summed E-state index contributed by atoms with van der Waals surface area (Å²) in [4.78, 5) is 17.7. The second-order valence-electron chi connectivity index (χ2n) is 4.97. The fraction of sp³-hybridized carbons (Fsp3) is 0. The number of rotatable bonds is 2. The molecule has 1 aliphatic rings. The molecule has 0 radical (unpaired) electrons. The van der Waals surface area contributed by atoms with Crippen LogP contribution in [0.3, 0.4) is 0 Å².